The summed E-state index contributed by atoms with van der Waals surface area (Å²) in [6.07, 6.45) is -0.698. The molecule has 1 aromatic heterocycles. The molecule has 3 nitrogen and oxygen atoms in total. The van der Waals surface area contributed by atoms with Gasteiger partial charge in [-0.05, 0) is 37.0 Å². The lowest BCUT2D eigenvalue weighted by atomic mass is 10.00. The lowest BCUT2D eigenvalue weighted by Crippen LogP contribution is -2.24. The van der Waals surface area contributed by atoms with Gasteiger partial charge in [0.05, 0.1) is 5.56 Å². The molecule has 2 N–H and O–H groups in total. The maximum absolute atomic E-state index is 12.6. The van der Waals surface area contributed by atoms with Crippen LogP contribution in [0.4, 0.5) is 13.2 Å². The SMILES string of the molecule is Cn1nccc1CCC(N)Cc1cccc(C(F)(F)F)c1. The molecule has 1 atom stereocenters. The Morgan fingerprint density at radius 1 is 1.29 bits per heavy atom. The summed E-state index contributed by atoms with van der Waals surface area (Å²) in [5.41, 5.74) is 7.07. The summed E-state index contributed by atoms with van der Waals surface area (Å²) in [4.78, 5) is 0. The van der Waals surface area contributed by atoms with Gasteiger partial charge in [0.25, 0.3) is 0 Å². The Morgan fingerprint density at radius 2 is 2.05 bits per heavy atom. The molecule has 1 heterocycles. The van der Waals surface area contributed by atoms with Gasteiger partial charge in [-0.3, -0.25) is 4.68 Å². The summed E-state index contributed by atoms with van der Waals surface area (Å²) in [6, 6.07) is 7.08. The van der Waals surface area contributed by atoms with Crippen molar-refractivity contribution in [2.24, 2.45) is 12.8 Å². The van der Waals surface area contributed by atoms with Crippen molar-refractivity contribution in [3.63, 3.8) is 0 Å². The predicted octanol–water partition coefficient (Wildman–Crippen LogP) is 2.94. The van der Waals surface area contributed by atoms with E-state index in [1.807, 2.05) is 13.1 Å². The highest BCUT2D eigenvalue weighted by molar-refractivity contribution is 5.26. The van der Waals surface area contributed by atoms with E-state index in [-0.39, 0.29) is 6.04 Å². The smallest absolute Gasteiger partial charge is 0.327 e. The van der Waals surface area contributed by atoms with E-state index in [0.717, 1.165) is 18.2 Å². The van der Waals surface area contributed by atoms with E-state index in [0.29, 0.717) is 18.4 Å². The Bertz CT molecular complexity index is 590. The lowest BCUT2D eigenvalue weighted by molar-refractivity contribution is -0.137. The summed E-state index contributed by atoms with van der Waals surface area (Å²) < 4.78 is 39.7. The van der Waals surface area contributed by atoms with Crippen LogP contribution in [-0.4, -0.2) is 15.8 Å². The minimum atomic E-state index is -4.31. The van der Waals surface area contributed by atoms with Gasteiger partial charge in [0.15, 0.2) is 0 Å². The van der Waals surface area contributed by atoms with Gasteiger partial charge in [-0.25, -0.2) is 0 Å². The van der Waals surface area contributed by atoms with Gasteiger partial charge >= 0.3 is 6.18 Å². The number of hydrogen-bond donors (Lipinski definition) is 1. The summed E-state index contributed by atoms with van der Waals surface area (Å²) >= 11 is 0. The molecule has 0 saturated carbocycles. The zero-order chi connectivity index (χ0) is 15.5. The van der Waals surface area contributed by atoms with E-state index in [4.69, 9.17) is 5.73 Å². The third kappa shape index (κ3) is 4.32. The molecule has 2 rings (SSSR count). The molecule has 1 aromatic carbocycles. The van der Waals surface area contributed by atoms with Crippen LogP contribution in [0.5, 0.6) is 0 Å². The van der Waals surface area contributed by atoms with Crippen LogP contribution in [-0.2, 0) is 26.1 Å². The number of hydrogen-bond acceptors (Lipinski definition) is 2. The number of nitrogens with two attached hydrogens (primary N) is 1. The van der Waals surface area contributed by atoms with Gasteiger partial charge in [0, 0.05) is 25.0 Å². The molecule has 0 fully saturated rings. The molecular formula is C15H18F3N3. The molecular weight excluding hydrogens is 279 g/mol. The number of aryl methyl sites for hydroxylation is 2. The fourth-order valence-corrected chi connectivity index (χ4v) is 2.26. The Hall–Kier alpha value is -1.82. The standard InChI is InChI=1S/C15H18F3N3/c1-21-14(7-8-20-21)6-5-13(19)10-11-3-2-4-12(9-11)15(16,17)18/h2-4,7-9,13H,5-6,10,19H2,1H3. The quantitative estimate of drug-likeness (QED) is 0.922. The average Bonchev–Trinajstić information content (AvgIpc) is 2.81. The second kappa shape index (κ2) is 6.30. The molecule has 0 aliphatic carbocycles. The van der Waals surface area contributed by atoms with Gasteiger partial charge in [0.2, 0.25) is 0 Å². The van der Waals surface area contributed by atoms with Crippen molar-refractivity contribution >= 4 is 0 Å². The fraction of sp³-hybridized carbons (Fsp3) is 0.400. The number of benzene rings is 1. The molecule has 0 aliphatic heterocycles. The van der Waals surface area contributed by atoms with Crippen LogP contribution in [0.15, 0.2) is 36.5 Å². The number of alkyl halides is 3. The topological polar surface area (TPSA) is 43.8 Å². The zero-order valence-corrected chi connectivity index (χ0v) is 11.8. The maximum Gasteiger partial charge on any atom is 0.416 e. The van der Waals surface area contributed by atoms with E-state index in [9.17, 15) is 13.2 Å². The molecule has 0 spiro atoms. The number of rotatable bonds is 5. The Labute approximate surface area is 121 Å². The van der Waals surface area contributed by atoms with E-state index in [1.165, 1.54) is 12.1 Å². The van der Waals surface area contributed by atoms with E-state index < -0.39 is 11.7 Å². The van der Waals surface area contributed by atoms with Gasteiger partial charge in [-0.2, -0.15) is 18.3 Å². The second-order valence-corrected chi connectivity index (χ2v) is 5.15. The van der Waals surface area contributed by atoms with Crippen LogP contribution in [0.2, 0.25) is 0 Å². The molecule has 1 unspecified atom stereocenters. The van der Waals surface area contributed by atoms with Crippen LogP contribution in [0, 0.1) is 0 Å². The van der Waals surface area contributed by atoms with Crippen molar-refractivity contribution in [3.05, 3.63) is 53.3 Å². The largest absolute Gasteiger partial charge is 0.416 e. The van der Waals surface area contributed by atoms with E-state index >= 15 is 0 Å². The first-order valence-electron chi connectivity index (χ1n) is 6.75. The Morgan fingerprint density at radius 3 is 2.67 bits per heavy atom. The van der Waals surface area contributed by atoms with Crippen LogP contribution in [0.3, 0.4) is 0 Å². The number of halogens is 3. The number of aromatic nitrogens is 2. The van der Waals surface area contributed by atoms with Gasteiger partial charge in [0.1, 0.15) is 0 Å². The van der Waals surface area contributed by atoms with Crippen molar-refractivity contribution in [2.45, 2.75) is 31.5 Å². The molecule has 0 saturated heterocycles. The zero-order valence-electron chi connectivity index (χ0n) is 11.8. The minimum Gasteiger partial charge on any atom is -0.327 e. The van der Waals surface area contributed by atoms with Crippen molar-refractivity contribution < 1.29 is 13.2 Å². The normalized spacial score (nSPS) is 13.4. The van der Waals surface area contributed by atoms with Crippen molar-refractivity contribution in [1.82, 2.24) is 9.78 Å². The highest BCUT2D eigenvalue weighted by atomic mass is 19.4. The second-order valence-electron chi connectivity index (χ2n) is 5.15. The predicted molar refractivity (Wildman–Crippen MR) is 74.7 cm³/mol. The fourth-order valence-electron chi connectivity index (χ4n) is 2.26. The molecule has 6 heteroatoms. The third-order valence-electron chi connectivity index (χ3n) is 3.45. The molecule has 0 aliphatic rings. The summed E-state index contributed by atoms with van der Waals surface area (Å²) in [5, 5.41) is 4.07. The summed E-state index contributed by atoms with van der Waals surface area (Å²) in [6.45, 7) is 0. The first-order chi connectivity index (χ1) is 9.86. The van der Waals surface area contributed by atoms with Crippen LogP contribution in [0.1, 0.15) is 23.2 Å². The van der Waals surface area contributed by atoms with E-state index in [1.54, 1.807) is 16.9 Å². The van der Waals surface area contributed by atoms with Crippen LogP contribution >= 0.6 is 0 Å². The molecule has 21 heavy (non-hydrogen) atoms. The average molecular weight is 297 g/mol. The number of nitrogens with zero attached hydrogens (tertiary/aromatic N) is 2. The maximum atomic E-state index is 12.6. The third-order valence-corrected chi connectivity index (χ3v) is 3.45. The molecule has 0 radical (unpaired) electrons. The lowest BCUT2D eigenvalue weighted by Gasteiger charge is -2.13. The van der Waals surface area contributed by atoms with Gasteiger partial charge in [-0.15, -0.1) is 0 Å². The molecule has 0 amide bonds. The van der Waals surface area contributed by atoms with Gasteiger partial charge < -0.3 is 5.73 Å². The van der Waals surface area contributed by atoms with Gasteiger partial charge in [-0.1, -0.05) is 18.2 Å². The monoisotopic (exact) mass is 297 g/mol. The summed E-state index contributed by atoms with van der Waals surface area (Å²) in [5.74, 6) is 0. The van der Waals surface area contributed by atoms with Crippen molar-refractivity contribution in [2.75, 3.05) is 0 Å². The first kappa shape index (κ1) is 15.6. The van der Waals surface area contributed by atoms with Crippen LogP contribution in [0.25, 0.3) is 0 Å². The molecule has 2 aromatic rings. The first-order valence-corrected chi connectivity index (χ1v) is 6.75. The van der Waals surface area contributed by atoms with E-state index in [2.05, 4.69) is 5.10 Å². The molecule has 114 valence electrons. The summed E-state index contributed by atoms with van der Waals surface area (Å²) in [7, 11) is 1.85. The minimum absolute atomic E-state index is 0.177. The Balaban J connectivity index is 1.93. The van der Waals surface area contributed by atoms with Crippen LogP contribution < -0.4 is 5.73 Å². The highest BCUT2D eigenvalue weighted by Crippen LogP contribution is 2.29. The Kier molecular flexibility index (Phi) is 4.67. The highest BCUT2D eigenvalue weighted by Gasteiger charge is 2.30. The van der Waals surface area contributed by atoms with Crippen molar-refractivity contribution in [1.29, 1.82) is 0 Å². The molecule has 0 bridgehead atoms. The van der Waals surface area contributed by atoms with Crippen molar-refractivity contribution in [3.8, 4) is 0 Å².